The molecule has 22 heavy (non-hydrogen) atoms. The van der Waals surface area contributed by atoms with Crippen LogP contribution >= 0.6 is 0 Å². The second-order valence-corrected chi connectivity index (χ2v) is 5.76. The second kappa shape index (κ2) is 13.1. The van der Waals surface area contributed by atoms with Crippen molar-refractivity contribution in [1.82, 2.24) is 4.98 Å². The molecule has 0 aliphatic rings. The Morgan fingerprint density at radius 3 is 1.64 bits per heavy atom. The van der Waals surface area contributed by atoms with Gasteiger partial charge in [-0.15, -0.1) is 0 Å². The highest BCUT2D eigenvalue weighted by Crippen LogP contribution is 2.05. The molecule has 120 valence electrons. The van der Waals surface area contributed by atoms with Crippen molar-refractivity contribution in [1.29, 1.82) is 0 Å². The van der Waals surface area contributed by atoms with E-state index in [1.54, 1.807) is 0 Å². The van der Waals surface area contributed by atoms with Gasteiger partial charge in [-0.05, 0) is 48.9 Å². The van der Waals surface area contributed by atoms with E-state index in [2.05, 4.69) is 61.3 Å². The van der Waals surface area contributed by atoms with E-state index in [-0.39, 0.29) is 0 Å². The van der Waals surface area contributed by atoms with Crippen LogP contribution in [0.1, 0.15) is 63.5 Å². The topological polar surface area (TPSA) is 12.9 Å². The van der Waals surface area contributed by atoms with E-state index in [1.807, 2.05) is 12.4 Å². The third-order valence-electron chi connectivity index (χ3n) is 3.73. The number of aromatic nitrogens is 1. The van der Waals surface area contributed by atoms with Gasteiger partial charge in [0.1, 0.15) is 0 Å². The van der Waals surface area contributed by atoms with Gasteiger partial charge in [0.15, 0.2) is 0 Å². The smallest absolute Gasteiger partial charge is 0.0270 e. The van der Waals surface area contributed by atoms with Gasteiger partial charge in [-0.25, -0.2) is 0 Å². The number of unbranched alkanes of at least 4 members (excludes halogenated alkanes) is 4. The Morgan fingerprint density at radius 1 is 0.636 bits per heavy atom. The van der Waals surface area contributed by atoms with Crippen LogP contribution in [0.15, 0.2) is 54.9 Å². The van der Waals surface area contributed by atoms with Crippen LogP contribution in [0, 0.1) is 0 Å². The number of benzene rings is 1. The molecular formula is C21H31N. The Kier molecular flexibility index (Phi) is 10.9. The molecule has 2 aromatic rings. The van der Waals surface area contributed by atoms with E-state index >= 15 is 0 Å². The van der Waals surface area contributed by atoms with Crippen molar-refractivity contribution in [3.8, 4) is 0 Å². The lowest BCUT2D eigenvalue weighted by molar-refractivity contribution is 0.717. The van der Waals surface area contributed by atoms with Crippen molar-refractivity contribution in [2.24, 2.45) is 0 Å². The summed E-state index contributed by atoms with van der Waals surface area (Å²) in [7, 11) is 0. The lowest BCUT2D eigenvalue weighted by atomic mass is 10.1. The molecular weight excluding hydrogens is 266 g/mol. The van der Waals surface area contributed by atoms with Crippen LogP contribution in [0.3, 0.4) is 0 Å². The van der Waals surface area contributed by atoms with Crippen LogP contribution in [0.4, 0.5) is 0 Å². The molecule has 0 aliphatic heterocycles. The Labute approximate surface area is 136 Å². The van der Waals surface area contributed by atoms with Gasteiger partial charge in [-0.1, -0.05) is 69.9 Å². The maximum atomic E-state index is 3.97. The quantitative estimate of drug-likeness (QED) is 0.526. The van der Waals surface area contributed by atoms with Gasteiger partial charge in [-0.2, -0.15) is 0 Å². The van der Waals surface area contributed by atoms with Gasteiger partial charge >= 0.3 is 0 Å². The first-order valence-electron chi connectivity index (χ1n) is 8.79. The second-order valence-electron chi connectivity index (χ2n) is 5.76. The van der Waals surface area contributed by atoms with E-state index in [0.29, 0.717) is 0 Å². The largest absolute Gasteiger partial charge is 0.265 e. The standard InChI is InChI=1S/C11H16.C10H15N/c1-2-3-5-8-11-9-6-4-7-10-11;1-2-3-4-5-10-6-8-11-9-7-10/h4,6-7,9-10H,2-3,5,8H2,1H3;6-9H,2-5H2,1H3. The highest BCUT2D eigenvalue weighted by Gasteiger charge is 1.90. The Morgan fingerprint density at radius 2 is 1.14 bits per heavy atom. The molecule has 0 radical (unpaired) electrons. The molecule has 0 bridgehead atoms. The molecule has 0 saturated heterocycles. The minimum atomic E-state index is 1.20. The van der Waals surface area contributed by atoms with Gasteiger partial charge in [-0.3, -0.25) is 4.98 Å². The molecule has 0 amide bonds. The van der Waals surface area contributed by atoms with E-state index in [4.69, 9.17) is 0 Å². The first-order chi connectivity index (χ1) is 10.9. The Hall–Kier alpha value is -1.63. The molecule has 1 heterocycles. The SMILES string of the molecule is CCCCCc1ccccc1.CCCCCc1ccncc1. The number of hydrogen-bond donors (Lipinski definition) is 0. The Bertz CT molecular complexity index is 404. The van der Waals surface area contributed by atoms with Crippen molar-refractivity contribution in [3.63, 3.8) is 0 Å². The van der Waals surface area contributed by atoms with Crippen LogP contribution in [-0.4, -0.2) is 4.98 Å². The summed E-state index contributed by atoms with van der Waals surface area (Å²) in [6.45, 7) is 4.47. The zero-order chi connectivity index (χ0) is 15.9. The molecule has 0 atom stereocenters. The van der Waals surface area contributed by atoms with Gasteiger partial charge in [0, 0.05) is 12.4 Å². The number of aryl methyl sites for hydroxylation is 2. The lowest BCUT2D eigenvalue weighted by Gasteiger charge is -1.98. The van der Waals surface area contributed by atoms with E-state index in [1.165, 1.54) is 62.5 Å². The highest BCUT2D eigenvalue weighted by molar-refractivity contribution is 5.14. The molecule has 1 heteroatoms. The molecule has 0 aliphatic carbocycles. The maximum absolute atomic E-state index is 3.97. The van der Waals surface area contributed by atoms with Crippen LogP contribution in [-0.2, 0) is 12.8 Å². The predicted molar refractivity (Wildman–Crippen MR) is 97.1 cm³/mol. The van der Waals surface area contributed by atoms with Crippen LogP contribution in [0.5, 0.6) is 0 Å². The number of pyridine rings is 1. The summed E-state index contributed by atoms with van der Waals surface area (Å²) in [5.74, 6) is 0. The lowest BCUT2D eigenvalue weighted by Crippen LogP contribution is -1.84. The fourth-order valence-corrected chi connectivity index (χ4v) is 2.35. The fraction of sp³-hybridized carbons (Fsp3) is 0.476. The fourth-order valence-electron chi connectivity index (χ4n) is 2.35. The molecule has 1 aromatic carbocycles. The zero-order valence-corrected chi connectivity index (χ0v) is 14.3. The average Bonchev–Trinajstić information content (AvgIpc) is 2.58. The minimum absolute atomic E-state index is 1.20. The molecule has 0 fully saturated rings. The summed E-state index contributed by atoms with van der Waals surface area (Å²) < 4.78 is 0. The molecule has 0 spiro atoms. The van der Waals surface area contributed by atoms with Crippen LogP contribution in [0.2, 0.25) is 0 Å². The van der Waals surface area contributed by atoms with Crippen LogP contribution in [0.25, 0.3) is 0 Å². The monoisotopic (exact) mass is 297 g/mol. The van der Waals surface area contributed by atoms with Gasteiger partial charge in [0.25, 0.3) is 0 Å². The summed E-state index contributed by atoms with van der Waals surface area (Å²) in [5.41, 5.74) is 2.88. The number of hydrogen-bond acceptors (Lipinski definition) is 1. The van der Waals surface area contributed by atoms with Crippen LogP contribution < -0.4 is 0 Å². The van der Waals surface area contributed by atoms with E-state index in [0.717, 1.165) is 0 Å². The molecule has 1 nitrogen and oxygen atoms in total. The van der Waals surface area contributed by atoms with Crippen molar-refractivity contribution in [2.45, 2.75) is 65.2 Å². The summed E-state index contributed by atoms with van der Waals surface area (Å²) in [5, 5.41) is 0. The van der Waals surface area contributed by atoms with Gasteiger partial charge in [0.05, 0.1) is 0 Å². The third kappa shape index (κ3) is 9.33. The van der Waals surface area contributed by atoms with Gasteiger partial charge in [0.2, 0.25) is 0 Å². The summed E-state index contributed by atoms with van der Waals surface area (Å²) in [6, 6.07) is 14.9. The summed E-state index contributed by atoms with van der Waals surface area (Å²) in [6.07, 6.45) is 14.1. The molecule has 0 N–H and O–H groups in total. The summed E-state index contributed by atoms with van der Waals surface area (Å²) >= 11 is 0. The van der Waals surface area contributed by atoms with Crippen molar-refractivity contribution in [2.75, 3.05) is 0 Å². The van der Waals surface area contributed by atoms with E-state index in [9.17, 15) is 0 Å². The predicted octanol–water partition coefficient (Wildman–Crippen LogP) is 6.23. The first kappa shape index (κ1) is 18.4. The normalized spacial score (nSPS) is 9.91. The molecule has 1 aromatic heterocycles. The number of rotatable bonds is 8. The maximum Gasteiger partial charge on any atom is 0.0270 e. The van der Waals surface area contributed by atoms with E-state index < -0.39 is 0 Å². The van der Waals surface area contributed by atoms with Gasteiger partial charge < -0.3 is 0 Å². The molecule has 0 unspecified atom stereocenters. The van der Waals surface area contributed by atoms with Crippen molar-refractivity contribution < 1.29 is 0 Å². The summed E-state index contributed by atoms with van der Waals surface area (Å²) in [4.78, 5) is 3.97. The average molecular weight is 297 g/mol. The third-order valence-corrected chi connectivity index (χ3v) is 3.73. The molecule has 0 saturated carbocycles. The van der Waals surface area contributed by atoms with Crippen molar-refractivity contribution in [3.05, 3.63) is 66.0 Å². The minimum Gasteiger partial charge on any atom is -0.265 e. The zero-order valence-electron chi connectivity index (χ0n) is 14.3. The number of nitrogens with zero attached hydrogens (tertiary/aromatic N) is 1. The molecule has 2 rings (SSSR count). The van der Waals surface area contributed by atoms with Crippen molar-refractivity contribution >= 4 is 0 Å². The highest BCUT2D eigenvalue weighted by atomic mass is 14.6. The Balaban J connectivity index is 0.000000220. The first-order valence-corrected chi connectivity index (χ1v) is 8.79.